The van der Waals surface area contributed by atoms with Gasteiger partial charge in [-0.2, -0.15) is 4.98 Å². The van der Waals surface area contributed by atoms with Crippen molar-refractivity contribution in [1.82, 2.24) is 18.7 Å². The van der Waals surface area contributed by atoms with Crippen molar-refractivity contribution in [1.29, 1.82) is 0 Å². The second-order valence-electron chi connectivity index (χ2n) is 7.27. The monoisotopic (exact) mass is 429 g/mol. The third-order valence-corrected chi connectivity index (χ3v) is 5.56. The Balaban J connectivity index is 1.89. The van der Waals surface area contributed by atoms with Gasteiger partial charge in [0.25, 0.3) is 5.56 Å². The molecule has 1 aliphatic rings. The van der Waals surface area contributed by atoms with E-state index in [4.69, 9.17) is 19.2 Å². The first-order valence-corrected chi connectivity index (χ1v) is 10.3. The number of aromatic nitrogens is 4. The summed E-state index contributed by atoms with van der Waals surface area (Å²) in [6.07, 6.45) is 0.814. The van der Waals surface area contributed by atoms with Crippen molar-refractivity contribution in [3.05, 3.63) is 39.0 Å². The number of imidazole rings is 1. The highest BCUT2D eigenvalue weighted by atomic mass is 16.5. The van der Waals surface area contributed by atoms with Crippen molar-refractivity contribution in [2.24, 2.45) is 7.05 Å². The van der Waals surface area contributed by atoms with E-state index in [0.717, 1.165) is 12.1 Å². The van der Waals surface area contributed by atoms with Gasteiger partial charge >= 0.3 is 5.69 Å². The van der Waals surface area contributed by atoms with Gasteiger partial charge in [0.2, 0.25) is 5.95 Å². The third-order valence-electron chi connectivity index (χ3n) is 5.56. The average molecular weight is 429 g/mol. The summed E-state index contributed by atoms with van der Waals surface area (Å²) in [4.78, 5) is 32.8. The Bertz CT molecular complexity index is 1230. The van der Waals surface area contributed by atoms with Crippen molar-refractivity contribution in [2.45, 2.75) is 26.4 Å². The second-order valence-corrected chi connectivity index (χ2v) is 7.27. The molecule has 0 N–H and O–H groups in total. The van der Waals surface area contributed by atoms with E-state index in [-0.39, 0.29) is 12.1 Å². The van der Waals surface area contributed by atoms with E-state index < -0.39 is 5.69 Å². The molecule has 166 valence electrons. The summed E-state index contributed by atoms with van der Waals surface area (Å²) in [6, 6.07) is 5.58. The maximum absolute atomic E-state index is 13.3. The predicted octanol–water partition coefficient (Wildman–Crippen LogP) is 1.49. The molecule has 1 aliphatic heterocycles. The van der Waals surface area contributed by atoms with Gasteiger partial charge in [0.15, 0.2) is 11.2 Å². The molecule has 10 nitrogen and oxygen atoms in total. The van der Waals surface area contributed by atoms with E-state index >= 15 is 0 Å². The highest BCUT2D eigenvalue weighted by Gasteiger charge is 2.28. The zero-order valence-electron chi connectivity index (χ0n) is 18.3. The lowest BCUT2D eigenvalue weighted by molar-refractivity contribution is 0.137. The Hall–Kier alpha value is -3.27. The van der Waals surface area contributed by atoms with Crippen LogP contribution in [-0.4, -0.2) is 52.7 Å². The number of nitrogens with zero attached hydrogens (tertiary/aromatic N) is 5. The van der Waals surface area contributed by atoms with Crippen molar-refractivity contribution < 1.29 is 14.2 Å². The molecule has 3 heterocycles. The molecule has 10 heteroatoms. The van der Waals surface area contributed by atoms with Gasteiger partial charge < -0.3 is 23.7 Å². The lowest BCUT2D eigenvalue weighted by Gasteiger charge is -2.30. The smallest absolute Gasteiger partial charge is 0.332 e. The van der Waals surface area contributed by atoms with Gasteiger partial charge in [0.05, 0.1) is 33.1 Å². The van der Waals surface area contributed by atoms with Crippen LogP contribution in [0.2, 0.25) is 0 Å². The number of fused-ring (bicyclic) bond motifs is 3. The van der Waals surface area contributed by atoms with Gasteiger partial charge in [0.1, 0.15) is 11.5 Å². The van der Waals surface area contributed by atoms with Crippen LogP contribution in [-0.2, 0) is 24.9 Å². The van der Waals surface area contributed by atoms with Crippen molar-refractivity contribution >= 4 is 22.8 Å². The first kappa shape index (κ1) is 21.0. The third kappa shape index (κ3) is 3.46. The van der Waals surface area contributed by atoms with Gasteiger partial charge in [-0.3, -0.25) is 13.9 Å². The van der Waals surface area contributed by atoms with Gasteiger partial charge in [-0.15, -0.1) is 0 Å². The molecule has 3 aromatic rings. The molecule has 0 saturated carbocycles. The van der Waals surface area contributed by atoms with Crippen LogP contribution in [0.1, 0.15) is 13.3 Å². The van der Waals surface area contributed by atoms with E-state index in [1.165, 1.54) is 9.13 Å². The number of ether oxygens (including phenoxy) is 3. The Morgan fingerprint density at radius 1 is 1.13 bits per heavy atom. The van der Waals surface area contributed by atoms with E-state index in [9.17, 15) is 9.59 Å². The van der Waals surface area contributed by atoms with Crippen LogP contribution < -0.4 is 25.6 Å². The summed E-state index contributed by atoms with van der Waals surface area (Å²) in [7, 11) is 4.84. The Morgan fingerprint density at radius 2 is 1.94 bits per heavy atom. The molecule has 0 radical (unpaired) electrons. The van der Waals surface area contributed by atoms with Crippen LogP contribution in [0.15, 0.2) is 27.8 Å². The molecule has 0 atom stereocenters. The highest BCUT2D eigenvalue weighted by Crippen LogP contribution is 2.38. The SMILES string of the molecule is CCOCCn1c(=O)c2c(nc3n2CCCN3c2ccc(OC)cc2OC)n(C)c1=O. The number of rotatable bonds is 7. The van der Waals surface area contributed by atoms with Crippen molar-refractivity contribution in [2.75, 3.05) is 38.9 Å². The number of hydrogen-bond donors (Lipinski definition) is 0. The van der Waals surface area contributed by atoms with E-state index in [1.54, 1.807) is 21.3 Å². The van der Waals surface area contributed by atoms with Crippen LogP contribution >= 0.6 is 0 Å². The standard InChI is InChI=1S/C21H27N5O5/c1-5-31-12-11-26-19(27)17-18(23(2)21(26)28)22-20-24(9-6-10-25(17)20)15-8-7-14(29-3)13-16(15)30-4/h7-8,13H,5-6,9-12H2,1-4H3. The normalized spacial score (nSPS) is 13.5. The van der Waals surface area contributed by atoms with E-state index in [2.05, 4.69) is 0 Å². The minimum atomic E-state index is -0.402. The topological polar surface area (TPSA) is 92.8 Å². The molecule has 2 aromatic heterocycles. The zero-order valence-corrected chi connectivity index (χ0v) is 18.3. The largest absolute Gasteiger partial charge is 0.497 e. The molecular formula is C21H27N5O5. The number of benzene rings is 1. The lowest BCUT2D eigenvalue weighted by Crippen LogP contribution is -2.40. The number of hydrogen-bond acceptors (Lipinski definition) is 7. The fourth-order valence-electron chi connectivity index (χ4n) is 4.00. The average Bonchev–Trinajstić information content (AvgIpc) is 3.19. The number of anilines is 2. The van der Waals surface area contributed by atoms with Crippen LogP contribution in [0.4, 0.5) is 11.6 Å². The van der Waals surface area contributed by atoms with Crippen molar-refractivity contribution in [3.8, 4) is 11.5 Å². The quantitative estimate of drug-likeness (QED) is 0.526. The van der Waals surface area contributed by atoms with Crippen LogP contribution in [0.5, 0.6) is 11.5 Å². The summed E-state index contributed by atoms with van der Waals surface area (Å²) in [5.41, 5.74) is 0.866. The fraction of sp³-hybridized carbons (Fsp3) is 0.476. The molecule has 1 aromatic carbocycles. The van der Waals surface area contributed by atoms with Gasteiger partial charge in [-0.1, -0.05) is 0 Å². The summed E-state index contributed by atoms with van der Waals surface area (Å²) < 4.78 is 20.8. The maximum Gasteiger partial charge on any atom is 0.332 e. The van der Waals surface area contributed by atoms with Gasteiger partial charge in [-0.05, 0) is 25.5 Å². The molecular weight excluding hydrogens is 402 g/mol. The van der Waals surface area contributed by atoms with Gasteiger partial charge in [-0.25, -0.2) is 4.79 Å². The van der Waals surface area contributed by atoms with Crippen LogP contribution in [0.25, 0.3) is 11.2 Å². The molecule has 0 aliphatic carbocycles. The van der Waals surface area contributed by atoms with Gasteiger partial charge in [0, 0.05) is 32.8 Å². The second kappa shape index (κ2) is 8.46. The molecule has 0 spiro atoms. The predicted molar refractivity (Wildman–Crippen MR) is 117 cm³/mol. The number of aryl methyl sites for hydroxylation is 2. The van der Waals surface area contributed by atoms with Crippen molar-refractivity contribution in [3.63, 3.8) is 0 Å². The first-order valence-electron chi connectivity index (χ1n) is 10.3. The maximum atomic E-state index is 13.3. The zero-order chi connectivity index (χ0) is 22.1. The number of methoxy groups -OCH3 is 2. The summed E-state index contributed by atoms with van der Waals surface area (Å²) >= 11 is 0. The Labute approximate surface area is 179 Å². The lowest BCUT2D eigenvalue weighted by atomic mass is 10.2. The van der Waals surface area contributed by atoms with Crippen LogP contribution in [0, 0.1) is 0 Å². The fourth-order valence-corrected chi connectivity index (χ4v) is 4.00. The minimum Gasteiger partial charge on any atom is -0.497 e. The van der Waals surface area contributed by atoms with Crippen LogP contribution in [0.3, 0.4) is 0 Å². The summed E-state index contributed by atoms with van der Waals surface area (Å²) in [6.45, 7) is 4.24. The Kier molecular flexibility index (Phi) is 5.73. The Morgan fingerprint density at radius 3 is 2.65 bits per heavy atom. The van der Waals surface area contributed by atoms with E-state index in [0.29, 0.717) is 54.9 Å². The molecule has 0 amide bonds. The molecule has 31 heavy (non-hydrogen) atoms. The molecule has 0 fully saturated rings. The first-order chi connectivity index (χ1) is 15.0. The minimum absolute atomic E-state index is 0.200. The molecule has 0 saturated heterocycles. The van der Waals surface area contributed by atoms with E-state index in [1.807, 2.05) is 34.6 Å². The molecule has 0 unspecified atom stereocenters. The summed E-state index contributed by atoms with van der Waals surface area (Å²) in [5.74, 6) is 1.94. The summed E-state index contributed by atoms with van der Waals surface area (Å²) in [5, 5.41) is 0. The molecule has 0 bridgehead atoms. The molecule has 4 rings (SSSR count). The highest BCUT2D eigenvalue weighted by molar-refractivity contribution is 5.78.